The van der Waals surface area contributed by atoms with Crippen LogP contribution in [0.1, 0.15) is 28.1 Å². The Balaban J connectivity index is 1.75. The lowest BCUT2D eigenvalue weighted by atomic mass is 10.1. The maximum atomic E-state index is 13.0. The molecular formula is C19H22BrN5O6S2. The number of anilines is 1. The summed E-state index contributed by atoms with van der Waals surface area (Å²) in [5.74, 6) is -1.78. The number of benzene rings is 1. The first-order chi connectivity index (χ1) is 15.6. The van der Waals surface area contributed by atoms with Gasteiger partial charge in [-0.15, -0.1) is 11.3 Å². The number of sulfonamides is 1. The molecule has 1 aromatic heterocycles. The highest BCUT2D eigenvalue weighted by atomic mass is 79.9. The SMILES string of the molecule is NC(N)=NCCC[C@H](NC(=O)c1sccc1NS(=O)(=O)c1ccc(Br)c2c1OCC2)C(=O)O. The molecule has 0 saturated heterocycles. The van der Waals surface area contributed by atoms with Crippen molar-refractivity contribution >= 4 is 60.8 Å². The minimum absolute atomic E-state index is 0.0312. The van der Waals surface area contributed by atoms with Gasteiger partial charge in [-0.25, -0.2) is 13.2 Å². The minimum Gasteiger partial charge on any atom is -0.491 e. The predicted molar refractivity (Wildman–Crippen MR) is 127 cm³/mol. The Morgan fingerprint density at radius 1 is 1.30 bits per heavy atom. The second-order valence-electron chi connectivity index (χ2n) is 7.03. The number of hydrogen-bond donors (Lipinski definition) is 5. The molecule has 0 fully saturated rings. The smallest absolute Gasteiger partial charge is 0.326 e. The number of aliphatic carboxylic acids is 1. The molecule has 0 saturated carbocycles. The van der Waals surface area contributed by atoms with Gasteiger partial charge in [-0.3, -0.25) is 14.5 Å². The summed E-state index contributed by atoms with van der Waals surface area (Å²) >= 11 is 4.37. The molecular weight excluding hydrogens is 538 g/mol. The van der Waals surface area contributed by atoms with Gasteiger partial charge in [0.1, 0.15) is 21.6 Å². The van der Waals surface area contributed by atoms with Crippen LogP contribution >= 0.6 is 27.3 Å². The molecule has 1 aliphatic rings. The zero-order valence-corrected chi connectivity index (χ0v) is 20.4. The molecule has 7 N–H and O–H groups in total. The quantitative estimate of drug-likeness (QED) is 0.164. The Morgan fingerprint density at radius 2 is 2.06 bits per heavy atom. The van der Waals surface area contributed by atoms with Crippen LogP contribution in [0.15, 0.2) is 37.9 Å². The third-order valence-electron chi connectivity index (χ3n) is 4.72. The van der Waals surface area contributed by atoms with Gasteiger partial charge in [0, 0.05) is 23.0 Å². The number of nitrogens with two attached hydrogens (primary N) is 2. The average molecular weight is 560 g/mol. The van der Waals surface area contributed by atoms with Gasteiger partial charge in [0.25, 0.3) is 15.9 Å². The van der Waals surface area contributed by atoms with Crippen molar-refractivity contribution in [2.75, 3.05) is 17.9 Å². The fourth-order valence-corrected chi connectivity index (χ4v) is 5.76. The van der Waals surface area contributed by atoms with E-state index in [0.717, 1.165) is 21.4 Å². The number of carboxylic acid groups (broad SMARTS) is 1. The van der Waals surface area contributed by atoms with Crippen molar-refractivity contribution in [3.8, 4) is 5.75 Å². The lowest BCUT2D eigenvalue weighted by Crippen LogP contribution is -2.40. The molecule has 0 aliphatic carbocycles. The maximum Gasteiger partial charge on any atom is 0.326 e. The van der Waals surface area contributed by atoms with Gasteiger partial charge in [0.2, 0.25) is 0 Å². The summed E-state index contributed by atoms with van der Waals surface area (Å²) in [6.07, 6.45) is 0.992. The molecule has 178 valence electrons. The van der Waals surface area contributed by atoms with Gasteiger partial charge in [0.05, 0.1) is 12.3 Å². The number of carboxylic acids is 1. The first-order valence-corrected chi connectivity index (χ1v) is 12.9. The summed E-state index contributed by atoms with van der Waals surface area (Å²) in [5.41, 5.74) is 11.3. The van der Waals surface area contributed by atoms with E-state index in [-0.39, 0.29) is 40.1 Å². The number of aliphatic imine (C=N–C) groups is 1. The third-order valence-corrected chi connectivity index (χ3v) is 7.76. The second kappa shape index (κ2) is 10.4. The molecule has 33 heavy (non-hydrogen) atoms. The van der Waals surface area contributed by atoms with E-state index in [0.29, 0.717) is 19.4 Å². The van der Waals surface area contributed by atoms with Gasteiger partial charge in [-0.2, -0.15) is 0 Å². The van der Waals surface area contributed by atoms with Gasteiger partial charge in [-0.05, 0) is 36.4 Å². The topological polar surface area (TPSA) is 186 Å². The largest absolute Gasteiger partial charge is 0.491 e. The summed E-state index contributed by atoms with van der Waals surface area (Å²) in [5, 5.41) is 13.4. The number of amides is 1. The Kier molecular flexibility index (Phi) is 7.81. The molecule has 1 atom stereocenters. The Bertz CT molecular complexity index is 1190. The van der Waals surface area contributed by atoms with Gasteiger partial charge in [-0.1, -0.05) is 15.9 Å². The molecule has 0 spiro atoms. The molecule has 0 unspecified atom stereocenters. The lowest BCUT2D eigenvalue weighted by molar-refractivity contribution is -0.139. The number of carbonyl (C=O) groups is 2. The van der Waals surface area contributed by atoms with Crippen LogP contribution in [0.25, 0.3) is 0 Å². The number of nitrogens with zero attached hydrogens (tertiary/aromatic N) is 1. The summed E-state index contributed by atoms with van der Waals surface area (Å²) in [4.78, 5) is 28.0. The number of thiophene rings is 1. The molecule has 3 rings (SSSR count). The van der Waals surface area contributed by atoms with E-state index in [4.69, 9.17) is 16.2 Å². The van der Waals surface area contributed by atoms with Crippen molar-refractivity contribution in [2.45, 2.75) is 30.2 Å². The maximum absolute atomic E-state index is 13.0. The van der Waals surface area contributed by atoms with E-state index in [1.54, 1.807) is 6.07 Å². The number of rotatable bonds is 10. The number of guanidine groups is 1. The van der Waals surface area contributed by atoms with Crippen LogP contribution < -0.4 is 26.2 Å². The summed E-state index contributed by atoms with van der Waals surface area (Å²) in [6.45, 7) is 0.581. The number of carbonyl (C=O) groups excluding carboxylic acids is 1. The van der Waals surface area contributed by atoms with Crippen LogP contribution in [0.2, 0.25) is 0 Å². The van der Waals surface area contributed by atoms with E-state index in [1.165, 1.54) is 17.5 Å². The zero-order valence-electron chi connectivity index (χ0n) is 17.2. The molecule has 1 amide bonds. The summed E-state index contributed by atoms with van der Waals surface area (Å²) in [6, 6.07) is 3.29. The normalized spacial score (nSPS) is 13.5. The molecule has 11 nitrogen and oxygen atoms in total. The Labute approximate surface area is 202 Å². The average Bonchev–Trinajstić information content (AvgIpc) is 3.39. The highest BCUT2D eigenvalue weighted by Crippen LogP contribution is 2.38. The zero-order chi connectivity index (χ0) is 24.2. The van der Waals surface area contributed by atoms with Crippen LogP contribution in [0.5, 0.6) is 5.75 Å². The molecule has 14 heteroatoms. The molecule has 0 bridgehead atoms. The van der Waals surface area contributed by atoms with E-state index in [1.807, 2.05) is 0 Å². The van der Waals surface area contributed by atoms with Crippen LogP contribution in [-0.2, 0) is 21.2 Å². The van der Waals surface area contributed by atoms with Crippen molar-refractivity contribution in [3.63, 3.8) is 0 Å². The summed E-state index contributed by atoms with van der Waals surface area (Å²) < 4.78 is 34.8. The Hall–Kier alpha value is -2.84. The number of ether oxygens (including phenoxy) is 1. The minimum atomic E-state index is -4.08. The molecule has 2 aromatic rings. The van der Waals surface area contributed by atoms with Crippen molar-refractivity contribution in [1.82, 2.24) is 5.32 Å². The molecule has 0 radical (unpaired) electrons. The van der Waals surface area contributed by atoms with Gasteiger partial charge >= 0.3 is 5.97 Å². The van der Waals surface area contributed by atoms with Crippen molar-refractivity contribution in [2.24, 2.45) is 16.5 Å². The van der Waals surface area contributed by atoms with Crippen molar-refractivity contribution in [1.29, 1.82) is 0 Å². The standard InChI is InChI=1S/C19H22BrN5O6S2/c20-11-3-4-14(15-10(11)5-8-31-15)33(29,30)25-12-6-9-32-16(12)17(26)24-13(18(27)28)2-1-7-23-19(21)22/h3-4,6,9,13,25H,1-2,5,7-8H2,(H,24,26)(H,27,28)(H4,21,22,23)/t13-/m0/s1. The van der Waals surface area contributed by atoms with Crippen molar-refractivity contribution < 1.29 is 27.9 Å². The number of hydrogen-bond acceptors (Lipinski definition) is 7. The second-order valence-corrected chi connectivity index (χ2v) is 10.5. The third kappa shape index (κ3) is 5.94. The van der Waals surface area contributed by atoms with E-state index >= 15 is 0 Å². The van der Waals surface area contributed by atoms with Gasteiger partial charge in [0.15, 0.2) is 5.96 Å². The molecule has 1 aromatic carbocycles. The monoisotopic (exact) mass is 559 g/mol. The van der Waals surface area contributed by atoms with Crippen LogP contribution in [0, 0.1) is 0 Å². The predicted octanol–water partition coefficient (Wildman–Crippen LogP) is 1.48. The number of nitrogens with one attached hydrogen (secondary N) is 2. The van der Waals surface area contributed by atoms with Gasteiger partial charge < -0.3 is 26.6 Å². The van der Waals surface area contributed by atoms with Crippen LogP contribution in [0.4, 0.5) is 5.69 Å². The lowest BCUT2D eigenvalue weighted by Gasteiger charge is -2.15. The van der Waals surface area contributed by atoms with E-state index < -0.39 is 27.9 Å². The van der Waals surface area contributed by atoms with E-state index in [2.05, 4.69) is 31.0 Å². The molecule has 2 heterocycles. The van der Waals surface area contributed by atoms with Crippen LogP contribution in [-0.4, -0.2) is 50.6 Å². The van der Waals surface area contributed by atoms with Crippen molar-refractivity contribution in [3.05, 3.63) is 38.5 Å². The fraction of sp³-hybridized carbons (Fsp3) is 0.316. The molecule has 1 aliphatic heterocycles. The highest BCUT2D eigenvalue weighted by Gasteiger charge is 2.29. The van der Waals surface area contributed by atoms with E-state index in [9.17, 15) is 23.1 Å². The fourth-order valence-electron chi connectivity index (χ4n) is 3.19. The first kappa shape index (κ1) is 24.8. The highest BCUT2D eigenvalue weighted by molar-refractivity contribution is 9.10. The summed E-state index contributed by atoms with van der Waals surface area (Å²) in [7, 11) is -4.08. The Morgan fingerprint density at radius 3 is 2.76 bits per heavy atom. The number of halogens is 1. The number of fused-ring (bicyclic) bond motifs is 1. The van der Waals surface area contributed by atoms with Crippen LogP contribution in [0.3, 0.4) is 0 Å². The first-order valence-electron chi connectivity index (χ1n) is 9.73.